The first-order valence-corrected chi connectivity index (χ1v) is 8.21. The number of ether oxygens (including phenoxy) is 1. The van der Waals surface area contributed by atoms with Gasteiger partial charge in [-0.2, -0.15) is 0 Å². The number of amides is 1. The van der Waals surface area contributed by atoms with E-state index >= 15 is 0 Å². The number of carboxylic acids is 1. The maximum atomic E-state index is 12.3. The van der Waals surface area contributed by atoms with E-state index in [0.717, 1.165) is 23.9 Å². The van der Waals surface area contributed by atoms with Gasteiger partial charge in [0.2, 0.25) is 0 Å². The average molecular weight is 391 g/mol. The summed E-state index contributed by atoms with van der Waals surface area (Å²) in [5, 5.41) is 8.63. The molecule has 2 rings (SSSR count). The van der Waals surface area contributed by atoms with Crippen LogP contribution in [0, 0.1) is 0 Å². The summed E-state index contributed by atoms with van der Waals surface area (Å²) < 4.78 is 40.9. The Bertz CT molecular complexity index is 734. The zero-order valence-corrected chi connectivity index (χ0v) is 14.2. The molecule has 0 unspecified atom stereocenters. The van der Waals surface area contributed by atoms with E-state index in [9.17, 15) is 22.8 Å². The van der Waals surface area contributed by atoms with Gasteiger partial charge in [-0.25, -0.2) is 0 Å². The van der Waals surface area contributed by atoms with E-state index in [1.807, 2.05) is 0 Å². The third kappa shape index (κ3) is 5.75. The first kappa shape index (κ1) is 19.3. The lowest BCUT2D eigenvalue weighted by molar-refractivity contribution is -0.274. The molecule has 5 nitrogen and oxygen atoms in total. The Balaban J connectivity index is 2.11. The van der Waals surface area contributed by atoms with Gasteiger partial charge >= 0.3 is 12.3 Å². The second-order valence-electron chi connectivity index (χ2n) is 4.95. The van der Waals surface area contributed by atoms with Crippen molar-refractivity contribution in [2.24, 2.45) is 0 Å². The number of benzene rings is 1. The van der Waals surface area contributed by atoms with Crippen molar-refractivity contribution in [3.63, 3.8) is 0 Å². The highest BCUT2D eigenvalue weighted by Gasteiger charge is 2.32. The van der Waals surface area contributed by atoms with Gasteiger partial charge in [0.15, 0.2) is 0 Å². The first-order chi connectivity index (χ1) is 11.7. The van der Waals surface area contributed by atoms with Gasteiger partial charge in [-0.1, -0.05) is 36.1 Å². The van der Waals surface area contributed by atoms with Crippen molar-refractivity contribution in [2.45, 2.75) is 19.2 Å². The second-order valence-corrected chi connectivity index (χ2v) is 6.63. The summed E-state index contributed by atoms with van der Waals surface area (Å²) >= 11 is 6.11. The van der Waals surface area contributed by atoms with Crippen molar-refractivity contribution in [1.82, 2.24) is 4.90 Å². The van der Waals surface area contributed by atoms with E-state index in [0.29, 0.717) is 5.56 Å². The van der Waals surface area contributed by atoms with Gasteiger partial charge in [-0.3, -0.25) is 14.5 Å². The summed E-state index contributed by atoms with van der Waals surface area (Å²) in [4.78, 5) is 24.4. The van der Waals surface area contributed by atoms with Crippen molar-refractivity contribution in [3.05, 3.63) is 34.7 Å². The number of thioether (sulfide) groups is 1. The lowest BCUT2D eigenvalue weighted by atomic mass is 10.2. The molecule has 1 fully saturated rings. The number of aliphatic carboxylic acids is 1. The highest BCUT2D eigenvalue weighted by Crippen LogP contribution is 2.33. The van der Waals surface area contributed by atoms with E-state index in [1.54, 1.807) is 0 Å². The number of rotatable bonds is 6. The maximum Gasteiger partial charge on any atom is 0.573 e. The molecule has 0 aromatic heterocycles. The molecule has 1 aliphatic heterocycles. The normalized spacial score (nSPS) is 16.6. The van der Waals surface area contributed by atoms with Gasteiger partial charge in [0.1, 0.15) is 10.1 Å². The van der Waals surface area contributed by atoms with E-state index in [4.69, 9.17) is 17.3 Å². The number of alkyl halides is 3. The lowest BCUT2D eigenvalue weighted by Crippen LogP contribution is -2.29. The first-order valence-electron chi connectivity index (χ1n) is 6.99. The highest BCUT2D eigenvalue weighted by molar-refractivity contribution is 8.26. The van der Waals surface area contributed by atoms with Crippen LogP contribution in [-0.4, -0.2) is 39.1 Å². The Morgan fingerprint density at radius 2 is 2.12 bits per heavy atom. The van der Waals surface area contributed by atoms with E-state index in [2.05, 4.69) is 4.74 Å². The molecule has 0 spiro atoms. The zero-order chi connectivity index (χ0) is 18.6. The predicted octanol–water partition coefficient (Wildman–Crippen LogP) is 3.65. The number of carboxylic acid groups (broad SMARTS) is 1. The summed E-state index contributed by atoms with van der Waals surface area (Å²) in [6.07, 6.45) is -3.22. The Morgan fingerprint density at radius 1 is 1.40 bits per heavy atom. The fraction of sp³-hybridized carbons (Fsp3) is 0.267. The summed E-state index contributed by atoms with van der Waals surface area (Å²) in [6.45, 7) is 0.172. The number of halogens is 3. The van der Waals surface area contributed by atoms with Crippen molar-refractivity contribution in [3.8, 4) is 5.75 Å². The van der Waals surface area contributed by atoms with Gasteiger partial charge in [-0.15, -0.1) is 13.2 Å². The lowest BCUT2D eigenvalue weighted by Gasteiger charge is -2.13. The molecule has 1 aromatic carbocycles. The number of carbonyl (C=O) groups excluding carboxylic acids is 1. The molecule has 1 amide bonds. The number of carbonyl (C=O) groups is 2. The predicted molar refractivity (Wildman–Crippen MR) is 89.9 cm³/mol. The van der Waals surface area contributed by atoms with Crippen LogP contribution in [0.5, 0.6) is 5.75 Å². The molecule has 0 saturated carbocycles. The van der Waals surface area contributed by atoms with Crippen LogP contribution in [0.1, 0.15) is 18.4 Å². The van der Waals surface area contributed by atoms with Crippen LogP contribution in [0.25, 0.3) is 6.08 Å². The minimum atomic E-state index is -4.80. The number of hydrogen-bond donors (Lipinski definition) is 1. The largest absolute Gasteiger partial charge is 0.573 e. The van der Waals surface area contributed by atoms with E-state index < -0.39 is 24.0 Å². The minimum absolute atomic E-state index is 0.0903. The smallest absolute Gasteiger partial charge is 0.481 e. The van der Waals surface area contributed by atoms with Crippen molar-refractivity contribution in [2.75, 3.05) is 6.54 Å². The van der Waals surface area contributed by atoms with Crippen LogP contribution in [0.3, 0.4) is 0 Å². The topological polar surface area (TPSA) is 66.8 Å². The van der Waals surface area contributed by atoms with Gasteiger partial charge < -0.3 is 9.84 Å². The molecule has 0 atom stereocenters. The van der Waals surface area contributed by atoms with Gasteiger partial charge in [0.25, 0.3) is 5.91 Å². The van der Waals surface area contributed by atoms with Crippen LogP contribution in [-0.2, 0) is 9.59 Å². The Labute approximate surface area is 150 Å². The van der Waals surface area contributed by atoms with Crippen LogP contribution in [0.4, 0.5) is 13.2 Å². The van der Waals surface area contributed by atoms with Gasteiger partial charge in [0.05, 0.1) is 4.91 Å². The SMILES string of the molecule is O=C(O)CCCN1C(=O)/C(=C/c2cccc(OC(F)(F)F)c2)SC1=S. The number of hydrogen-bond acceptors (Lipinski definition) is 5. The molecule has 1 saturated heterocycles. The van der Waals surface area contributed by atoms with Gasteiger partial charge in [-0.05, 0) is 30.2 Å². The molecule has 1 aromatic rings. The van der Waals surface area contributed by atoms with Crippen LogP contribution in [0.15, 0.2) is 29.2 Å². The molecular formula is C15H12F3NO4S2. The summed E-state index contributed by atoms with van der Waals surface area (Å²) in [7, 11) is 0. The van der Waals surface area contributed by atoms with Crippen LogP contribution < -0.4 is 4.74 Å². The average Bonchev–Trinajstić information content (AvgIpc) is 2.73. The Morgan fingerprint density at radius 3 is 2.76 bits per heavy atom. The van der Waals surface area contributed by atoms with E-state index in [-0.39, 0.29) is 28.6 Å². The quantitative estimate of drug-likeness (QED) is 0.590. The Hall–Kier alpha value is -2.07. The molecule has 0 bridgehead atoms. The maximum absolute atomic E-state index is 12.3. The minimum Gasteiger partial charge on any atom is -0.481 e. The zero-order valence-electron chi connectivity index (χ0n) is 12.6. The molecule has 10 heteroatoms. The van der Waals surface area contributed by atoms with E-state index in [1.165, 1.54) is 23.1 Å². The summed E-state index contributed by atoms with van der Waals surface area (Å²) in [6, 6.07) is 5.22. The molecular weight excluding hydrogens is 379 g/mol. The monoisotopic (exact) mass is 391 g/mol. The van der Waals surface area contributed by atoms with Crippen molar-refractivity contribution < 1.29 is 32.6 Å². The molecule has 25 heavy (non-hydrogen) atoms. The molecule has 1 N–H and O–H groups in total. The van der Waals surface area contributed by atoms with Crippen LogP contribution >= 0.6 is 24.0 Å². The molecule has 0 radical (unpaired) electrons. The summed E-state index contributed by atoms with van der Waals surface area (Å²) in [5.41, 5.74) is 0.354. The number of nitrogens with zero attached hydrogens (tertiary/aromatic N) is 1. The molecule has 0 aliphatic carbocycles. The third-order valence-electron chi connectivity index (χ3n) is 3.04. The van der Waals surface area contributed by atoms with Crippen molar-refractivity contribution >= 4 is 46.3 Å². The summed E-state index contributed by atoms with van der Waals surface area (Å²) in [5.74, 6) is -1.76. The molecule has 1 heterocycles. The molecule has 134 valence electrons. The third-order valence-corrected chi connectivity index (χ3v) is 4.41. The van der Waals surface area contributed by atoms with Gasteiger partial charge in [0, 0.05) is 13.0 Å². The fourth-order valence-corrected chi connectivity index (χ4v) is 3.34. The highest BCUT2D eigenvalue weighted by atomic mass is 32.2. The molecule has 1 aliphatic rings. The fourth-order valence-electron chi connectivity index (χ4n) is 2.03. The Kier molecular flexibility index (Phi) is 6.07. The number of thiocarbonyl (C=S) groups is 1. The van der Waals surface area contributed by atoms with Crippen molar-refractivity contribution in [1.29, 1.82) is 0 Å². The standard InChI is InChI=1S/C15H12F3NO4S2/c16-15(17,18)23-10-4-1-3-9(7-10)8-11-13(22)19(14(24)25-11)6-2-5-12(20)21/h1,3-4,7-8H,2,5-6H2,(H,20,21)/b11-8-. The second kappa shape index (κ2) is 7.87. The van der Waals surface area contributed by atoms with Crippen LogP contribution in [0.2, 0.25) is 0 Å².